The number of aromatic nitrogens is 1. The Labute approximate surface area is 94.9 Å². The van der Waals surface area contributed by atoms with Gasteiger partial charge in [0, 0.05) is 29.2 Å². The van der Waals surface area contributed by atoms with Gasteiger partial charge in [0.15, 0.2) is 0 Å². The predicted octanol–water partition coefficient (Wildman–Crippen LogP) is 2.46. The van der Waals surface area contributed by atoms with Crippen molar-refractivity contribution < 1.29 is 4.74 Å². The first-order chi connectivity index (χ1) is 7.77. The molecule has 2 rings (SSSR count). The first-order valence-electron chi connectivity index (χ1n) is 5.29. The third-order valence-corrected chi connectivity index (χ3v) is 2.66. The minimum atomic E-state index is 0.535. The van der Waals surface area contributed by atoms with Crippen LogP contribution in [0.15, 0.2) is 24.4 Å². The van der Waals surface area contributed by atoms with Crippen LogP contribution < -0.4 is 10.5 Å². The Hall–Kier alpha value is -1.74. The molecule has 3 N–H and O–H groups in total. The van der Waals surface area contributed by atoms with Crippen LogP contribution in [0.1, 0.15) is 11.1 Å². The topological polar surface area (TPSA) is 51.0 Å². The highest BCUT2D eigenvalue weighted by Crippen LogP contribution is 2.32. The number of hydrogen-bond acceptors (Lipinski definition) is 2. The summed E-state index contributed by atoms with van der Waals surface area (Å²) >= 11 is 0. The van der Waals surface area contributed by atoms with Crippen molar-refractivity contribution in [2.75, 3.05) is 13.7 Å². The molecule has 0 bridgehead atoms. The van der Waals surface area contributed by atoms with E-state index in [1.165, 1.54) is 5.56 Å². The highest BCUT2D eigenvalue weighted by atomic mass is 16.5. The molecule has 0 spiro atoms. The smallest absolute Gasteiger partial charge is 0.135 e. The molecule has 0 saturated carbocycles. The van der Waals surface area contributed by atoms with E-state index >= 15 is 0 Å². The van der Waals surface area contributed by atoms with E-state index < -0.39 is 0 Å². The van der Waals surface area contributed by atoms with Crippen molar-refractivity contribution in [1.29, 1.82) is 0 Å². The van der Waals surface area contributed by atoms with E-state index in [-0.39, 0.29) is 0 Å². The lowest BCUT2D eigenvalue weighted by Gasteiger charge is -2.07. The number of H-pyrrole nitrogens is 1. The predicted molar refractivity (Wildman–Crippen MR) is 67.7 cm³/mol. The maximum Gasteiger partial charge on any atom is 0.135 e. The molecule has 0 aliphatic heterocycles. The number of hydrogen-bond donors (Lipinski definition) is 2. The fraction of sp³-hybridized carbons (Fsp3) is 0.231. The van der Waals surface area contributed by atoms with Crippen molar-refractivity contribution in [3.63, 3.8) is 0 Å². The molecule has 0 amide bonds. The van der Waals surface area contributed by atoms with Crippen molar-refractivity contribution in [2.45, 2.75) is 6.92 Å². The number of benzene rings is 1. The average molecular weight is 216 g/mol. The van der Waals surface area contributed by atoms with Gasteiger partial charge in [-0.15, -0.1) is 0 Å². The zero-order valence-corrected chi connectivity index (χ0v) is 9.58. The average Bonchev–Trinajstić information content (AvgIpc) is 2.68. The Morgan fingerprint density at radius 3 is 2.94 bits per heavy atom. The summed E-state index contributed by atoms with van der Waals surface area (Å²) in [6, 6.07) is 4.09. The number of ether oxygens (including phenoxy) is 1. The van der Waals surface area contributed by atoms with E-state index in [1.807, 2.05) is 24.4 Å². The van der Waals surface area contributed by atoms with Gasteiger partial charge in [0.1, 0.15) is 5.75 Å². The van der Waals surface area contributed by atoms with Gasteiger partial charge < -0.3 is 15.5 Å². The molecule has 0 radical (unpaired) electrons. The molecular weight excluding hydrogens is 200 g/mol. The summed E-state index contributed by atoms with van der Waals surface area (Å²) in [5, 5.41) is 1.14. The van der Waals surface area contributed by atoms with Crippen LogP contribution in [0, 0.1) is 6.92 Å². The van der Waals surface area contributed by atoms with Crippen LogP contribution in [-0.2, 0) is 0 Å². The molecule has 0 aliphatic carbocycles. The van der Waals surface area contributed by atoms with E-state index in [1.54, 1.807) is 7.11 Å². The van der Waals surface area contributed by atoms with Crippen LogP contribution in [0.2, 0.25) is 0 Å². The number of aryl methyl sites for hydroxylation is 1. The Kier molecular flexibility index (Phi) is 2.97. The van der Waals surface area contributed by atoms with Crippen molar-refractivity contribution in [3.05, 3.63) is 35.5 Å². The number of rotatable bonds is 3. The second-order valence-electron chi connectivity index (χ2n) is 3.72. The largest absolute Gasteiger partial charge is 0.495 e. The van der Waals surface area contributed by atoms with Gasteiger partial charge in [-0.05, 0) is 24.6 Å². The fourth-order valence-corrected chi connectivity index (χ4v) is 1.91. The third kappa shape index (κ3) is 1.70. The summed E-state index contributed by atoms with van der Waals surface area (Å²) in [7, 11) is 1.70. The van der Waals surface area contributed by atoms with Crippen LogP contribution in [0.25, 0.3) is 17.0 Å². The van der Waals surface area contributed by atoms with E-state index in [2.05, 4.69) is 18.0 Å². The molecule has 0 atom stereocenters. The molecule has 1 heterocycles. The summed E-state index contributed by atoms with van der Waals surface area (Å²) in [5.74, 6) is 0.904. The van der Waals surface area contributed by atoms with Crippen LogP contribution >= 0.6 is 0 Å². The van der Waals surface area contributed by atoms with Gasteiger partial charge >= 0.3 is 0 Å². The minimum absolute atomic E-state index is 0.535. The third-order valence-electron chi connectivity index (χ3n) is 2.66. The SMILES string of the molecule is COc1c(/C=C/CN)ccc2[nH]cc(C)c12. The van der Waals surface area contributed by atoms with Crippen molar-refractivity contribution >= 4 is 17.0 Å². The Morgan fingerprint density at radius 1 is 1.44 bits per heavy atom. The summed E-state index contributed by atoms with van der Waals surface area (Å²) in [6.45, 7) is 2.60. The summed E-state index contributed by atoms with van der Waals surface area (Å²) in [5.41, 5.74) is 8.80. The lowest BCUT2D eigenvalue weighted by atomic mass is 10.1. The van der Waals surface area contributed by atoms with Crippen LogP contribution in [-0.4, -0.2) is 18.6 Å². The Bertz CT molecular complexity index is 526. The molecule has 1 aromatic carbocycles. The molecule has 0 fully saturated rings. The lowest BCUT2D eigenvalue weighted by Crippen LogP contribution is -1.93. The maximum absolute atomic E-state index is 5.48. The first kappa shape index (κ1) is 10.8. The number of fused-ring (bicyclic) bond motifs is 1. The van der Waals surface area contributed by atoms with Crippen molar-refractivity contribution in [3.8, 4) is 5.75 Å². The summed E-state index contributed by atoms with van der Waals surface area (Å²) in [4.78, 5) is 3.22. The minimum Gasteiger partial charge on any atom is -0.495 e. The molecular formula is C13H16N2O. The highest BCUT2D eigenvalue weighted by molar-refractivity contribution is 5.92. The van der Waals surface area contributed by atoms with Gasteiger partial charge in [-0.2, -0.15) is 0 Å². The van der Waals surface area contributed by atoms with Gasteiger partial charge in [0.25, 0.3) is 0 Å². The molecule has 3 heteroatoms. The monoisotopic (exact) mass is 216 g/mol. The van der Waals surface area contributed by atoms with Gasteiger partial charge in [0.2, 0.25) is 0 Å². The van der Waals surface area contributed by atoms with E-state index in [0.29, 0.717) is 6.54 Å². The molecule has 2 aromatic rings. The Morgan fingerprint density at radius 2 is 2.25 bits per heavy atom. The molecule has 16 heavy (non-hydrogen) atoms. The Balaban J connectivity index is 2.66. The standard InChI is InChI=1S/C13H16N2O/c1-9-8-15-11-6-5-10(4-3-7-14)13(16-2)12(9)11/h3-6,8,15H,7,14H2,1-2H3/b4-3+. The molecule has 1 aromatic heterocycles. The highest BCUT2D eigenvalue weighted by Gasteiger charge is 2.09. The van der Waals surface area contributed by atoms with E-state index in [9.17, 15) is 0 Å². The van der Waals surface area contributed by atoms with Gasteiger partial charge in [-0.1, -0.05) is 12.2 Å². The van der Waals surface area contributed by atoms with Crippen LogP contribution in [0.3, 0.4) is 0 Å². The van der Waals surface area contributed by atoms with Crippen molar-refractivity contribution in [2.24, 2.45) is 5.73 Å². The quantitative estimate of drug-likeness (QED) is 0.828. The zero-order chi connectivity index (χ0) is 11.5. The zero-order valence-electron chi connectivity index (χ0n) is 9.58. The molecule has 0 aliphatic rings. The fourth-order valence-electron chi connectivity index (χ4n) is 1.91. The number of methoxy groups -OCH3 is 1. The number of nitrogens with one attached hydrogen (secondary N) is 1. The molecule has 0 unspecified atom stereocenters. The number of aromatic amines is 1. The summed E-state index contributed by atoms with van der Waals surface area (Å²) in [6.07, 6.45) is 5.90. The lowest BCUT2D eigenvalue weighted by molar-refractivity contribution is 0.419. The molecule has 0 saturated heterocycles. The van der Waals surface area contributed by atoms with E-state index in [4.69, 9.17) is 10.5 Å². The van der Waals surface area contributed by atoms with Gasteiger partial charge in [0.05, 0.1) is 7.11 Å². The number of nitrogens with two attached hydrogens (primary N) is 1. The van der Waals surface area contributed by atoms with Gasteiger partial charge in [-0.25, -0.2) is 0 Å². The normalized spacial score (nSPS) is 11.4. The molecule has 3 nitrogen and oxygen atoms in total. The van der Waals surface area contributed by atoms with Crippen molar-refractivity contribution in [1.82, 2.24) is 4.98 Å². The van der Waals surface area contributed by atoms with E-state index in [0.717, 1.165) is 22.2 Å². The maximum atomic E-state index is 5.48. The summed E-state index contributed by atoms with van der Waals surface area (Å²) < 4.78 is 5.48. The second kappa shape index (κ2) is 4.41. The van der Waals surface area contributed by atoms with Crippen LogP contribution in [0.4, 0.5) is 0 Å². The molecule has 84 valence electrons. The first-order valence-corrected chi connectivity index (χ1v) is 5.29. The van der Waals surface area contributed by atoms with Gasteiger partial charge in [-0.3, -0.25) is 0 Å². The van der Waals surface area contributed by atoms with Crippen LogP contribution in [0.5, 0.6) is 5.75 Å². The second-order valence-corrected chi connectivity index (χ2v) is 3.72.